The molecule has 0 amide bonds. The number of unbranched alkanes of at least 4 members (excludes halogenated alkanes) is 27. The molecule has 6 heteroatoms. The van der Waals surface area contributed by atoms with Crippen molar-refractivity contribution in [3.63, 3.8) is 0 Å². The van der Waals surface area contributed by atoms with E-state index in [1.807, 2.05) is 0 Å². The fourth-order valence-corrected chi connectivity index (χ4v) is 8.10. The van der Waals surface area contributed by atoms with Gasteiger partial charge in [0.05, 0.1) is 0 Å². The van der Waals surface area contributed by atoms with Crippen LogP contribution in [0.25, 0.3) is 0 Å². The topological polar surface area (TPSA) is 78.9 Å². The highest BCUT2D eigenvalue weighted by molar-refractivity contribution is 5.71. The van der Waals surface area contributed by atoms with Crippen molar-refractivity contribution in [1.29, 1.82) is 0 Å². The zero-order valence-electron chi connectivity index (χ0n) is 45.3. The van der Waals surface area contributed by atoms with E-state index in [0.717, 1.165) is 109 Å². The first-order chi connectivity index (χ1) is 34.0. The van der Waals surface area contributed by atoms with Gasteiger partial charge in [-0.2, -0.15) is 0 Å². The smallest absolute Gasteiger partial charge is 0.306 e. The molecule has 0 aromatic heterocycles. The van der Waals surface area contributed by atoms with Crippen LogP contribution in [0.2, 0.25) is 0 Å². The number of carbonyl (C=O) groups is 3. The zero-order valence-corrected chi connectivity index (χ0v) is 45.3. The lowest BCUT2D eigenvalue weighted by Gasteiger charge is -2.18. The summed E-state index contributed by atoms with van der Waals surface area (Å²) >= 11 is 0. The van der Waals surface area contributed by atoms with E-state index >= 15 is 0 Å². The Hall–Kier alpha value is -3.41. The summed E-state index contributed by atoms with van der Waals surface area (Å²) in [5, 5.41) is 0. The molecule has 0 aromatic rings. The Labute approximate surface area is 426 Å². The van der Waals surface area contributed by atoms with Crippen LogP contribution in [0.4, 0.5) is 0 Å². The van der Waals surface area contributed by atoms with Crippen LogP contribution in [0.5, 0.6) is 0 Å². The third-order valence-electron chi connectivity index (χ3n) is 12.4. The van der Waals surface area contributed by atoms with Crippen molar-refractivity contribution in [2.24, 2.45) is 0 Å². The molecule has 0 radical (unpaired) electrons. The highest BCUT2D eigenvalue weighted by atomic mass is 16.6. The molecule has 1 atom stereocenters. The molecule has 0 N–H and O–H groups in total. The summed E-state index contributed by atoms with van der Waals surface area (Å²) < 4.78 is 16.9. The summed E-state index contributed by atoms with van der Waals surface area (Å²) in [4.78, 5) is 38.2. The monoisotopic (exact) mass is 961 g/mol. The van der Waals surface area contributed by atoms with Gasteiger partial charge in [-0.25, -0.2) is 0 Å². The highest BCUT2D eigenvalue weighted by Crippen LogP contribution is 2.16. The van der Waals surface area contributed by atoms with Crippen molar-refractivity contribution in [3.05, 3.63) is 85.1 Å². The maximum absolute atomic E-state index is 12.8. The molecule has 1 unspecified atom stereocenters. The van der Waals surface area contributed by atoms with Crippen LogP contribution in [0.15, 0.2) is 85.1 Å². The lowest BCUT2D eigenvalue weighted by Crippen LogP contribution is -2.30. The molecule has 0 saturated heterocycles. The average Bonchev–Trinajstić information content (AvgIpc) is 3.35. The Morgan fingerprint density at radius 2 is 0.565 bits per heavy atom. The van der Waals surface area contributed by atoms with Crippen LogP contribution in [0.3, 0.4) is 0 Å². The third kappa shape index (κ3) is 55.4. The summed E-state index contributed by atoms with van der Waals surface area (Å²) in [6.07, 6.45) is 74.3. The molecule has 0 heterocycles. The van der Waals surface area contributed by atoms with Gasteiger partial charge in [0.25, 0.3) is 0 Å². The van der Waals surface area contributed by atoms with E-state index in [1.54, 1.807) is 0 Å². The number of hydrogen-bond acceptors (Lipinski definition) is 6. The van der Waals surface area contributed by atoms with Crippen LogP contribution in [-0.2, 0) is 28.6 Å². The number of ether oxygens (including phenoxy) is 3. The standard InChI is InChI=1S/C63H108O6/c1-4-7-10-13-16-19-22-25-28-31-32-33-36-38-41-44-47-50-53-56-62(65)68-59-60(69-63(66)57-54-51-48-45-42-39-35-30-27-24-21-18-15-12-9-6-3)58-67-61(64)55-52-49-46-43-40-37-34-29-26-23-20-17-14-11-8-5-2/h7,9-10,12,16,18-19,21,25,27-28,30,39,42,60H,4-6,8,11,13-15,17,20,22-24,26,29,31-38,40-41,43-59H2,1-3H3/b10-7-,12-9-,19-16-,21-18-,28-25-,30-27-,42-39-. The van der Waals surface area contributed by atoms with E-state index in [0.29, 0.717) is 19.3 Å². The van der Waals surface area contributed by atoms with Crippen molar-refractivity contribution in [3.8, 4) is 0 Å². The molecular formula is C63H108O6. The molecule has 0 aromatic carbocycles. The van der Waals surface area contributed by atoms with E-state index in [4.69, 9.17) is 14.2 Å². The summed E-state index contributed by atoms with van der Waals surface area (Å²) in [7, 11) is 0. The maximum atomic E-state index is 12.8. The average molecular weight is 962 g/mol. The van der Waals surface area contributed by atoms with Gasteiger partial charge in [-0.1, -0.05) is 254 Å². The normalized spacial score (nSPS) is 12.7. The number of carbonyl (C=O) groups excluding carboxylic acids is 3. The predicted octanol–water partition coefficient (Wildman–Crippen LogP) is 19.5. The number of hydrogen-bond donors (Lipinski definition) is 0. The van der Waals surface area contributed by atoms with E-state index in [1.165, 1.54) is 128 Å². The first-order valence-electron chi connectivity index (χ1n) is 29.1. The second-order valence-electron chi connectivity index (χ2n) is 19.1. The minimum Gasteiger partial charge on any atom is -0.462 e. The quantitative estimate of drug-likeness (QED) is 0.0262. The van der Waals surface area contributed by atoms with Gasteiger partial charge < -0.3 is 14.2 Å². The summed E-state index contributed by atoms with van der Waals surface area (Å²) in [6.45, 7) is 6.41. The highest BCUT2D eigenvalue weighted by Gasteiger charge is 2.19. The van der Waals surface area contributed by atoms with Crippen molar-refractivity contribution in [2.45, 2.75) is 284 Å². The minimum atomic E-state index is -0.795. The van der Waals surface area contributed by atoms with Crippen LogP contribution in [0.1, 0.15) is 278 Å². The van der Waals surface area contributed by atoms with Crippen molar-refractivity contribution >= 4 is 17.9 Å². The zero-order chi connectivity index (χ0) is 50.0. The molecule has 0 aliphatic heterocycles. The number of rotatable bonds is 52. The molecule has 0 aliphatic rings. The second kappa shape index (κ2) is 57.2. The summed E-state index contributed by atoms with van der Waals surface area (Å²) in [5.41, 5.74) is 0. The second-order valence-corrected chi connectivity index (χ2v) is 19.1. The fourth-order valence-electron chi connectivity index (χ4n) is 8.10. The van der Waals surface area contributed by atoms with Crippen LogP contribution >= 0.6 is 0 Å². The SMILES string of the molecule is CC/C=C\C/C=C\C/C=C\C/C=C\CCCCCC(=O)OC(COC(=O)CCCCCCCCCCC/C=C\C/C=C\C/C=C\CC)COC(=O)CCCCCCCCCCCCCCCCCC. The van der Waals surface area contributed by atoms with Gasteiger partial charge in [-0.3, -0.25) is 14.4 Å². The van der Waals surface area contributed by atoms with Gasteiger partial charge in [0, 0.05) is 19.3 Å². The molecule has 0 fully saturated rings. The molecule has 0 bridgehead atoms. The Kier molecular flexibility index (Phi) is 54.3. The van der Waals surface area contributed by atoms with Gasteiger partial charge >= 0.3 is 17.9 Å². The van der Waals surface area contributed by atoms with Crippen molar-refractivity contribution in [2.75, 3.05) is 13.2 Å². The van der Waals surface area contributed by atoms with Gasteiger partial charge in [-0.05, 0) is 89.9 Å². The van der Waals surface area contributed by atoms with Gasteiger partial charge in [0.1, 0.15) is 13.2 Å². The molecule has 396 valence electrons. The lowest BCUT2D eigenvalue weighted by molar-refractivity contribution is -0.167. The van der Waals surface area contributed by atoms with E-state index in [-0.39, 0.29) is 31.1 Å². The predicted molar refractivity (Wildman–Crippen MR) is 297 cm³/mol. The van der Waals surface area contributed by atoms with Gasteiger partial charge in [0.15, 0.2) is 6.10 Å². The lowest BCUT2D eigenvalue weighted by atomic mass is 10.0. The molecule has 0 saturated carbocycles. The molecular weight excluding hydrogens is 853 g/mol. The molecule has 0 aliphatic carbocycles. The number of allylic oxidation sites excluding steroid dienone is 14. The summed E-state index contributed by atoms with van der Waals surface area (Å²) in [5.74, 6) is -0.917. The maximum Gasteiger partial charge on any atom is 0.306 e. The van der Waals surface area contributed by atoms with Crippen molar-refractivity contribution in [1.82, 2.24) is 0 Å². The van der Waals surface area contributed by atoms with Gasteiger partial charge in [0.2, 0.25) is 0 Å². The minimum absolute atomic E-state index is 0.0890. The third-order valence-corrected chi connectivity index (χ3v) is 12.4. The largest absolute Gasteiger partial charge is 0.462 e. The van der Waals surface area contributed by atoms with E-state index < -0.39 is 6.10 Å². The van der Waals surface area contributed by atoms with E-state index in [2.05, 4.69) is 106 Å². The Balaban J connectivity index is 4.41. The van der Waals surface area contributed by atoms with Crippen LogP contribution in [-0.4, -0.2) is 37.2 Å². The number of esters is 3. The molecule has 0 spiro atoms. The molecule has 69 heavy (non-hydrogen) atoms. The van der Waals surface area contributed by atoms with Crippen LogP contribution in [0, 0.1) is 0 Å². The Bertz CT molecular complexity index is 1330. The van der Waals surface area contributed by atoms with Gasteiger partial charge in [-0.15, -0.1) is 0 Å². The first kappa shape index (κ1) is 65.6. The molecule has 6 nitrogen and oxygen atoms in total. The van der Waals surface area contributed by atoms with Crippen LogP contribution < -0.4 is 0 Å². The summed E-state index contributed by atoms with van der Waals surface area (Å²) in [6, 6.07) is 0. The first-order valence-corrected chi connectivity index (χ1v) is 29.1. The van der Waals surface area contributed by atoms with E-state index in [9.17, 15) is 14.4 Å². The molecule has 0 rings (SSSR count). The fraction of sp³-hybridized carbons (Fsp3) is 0.730. The Morgan fingerprint density at radius 1 is 0.304 bits per heavy atom. The van der Waals surface area contributed by atoms with Crippen molar-refractivity contribution < 1.29 is 28.6 Å². The Morgan fingerprint density at radius 3 is 0.899 bits per heavy atom.